The van der Waals surface area contributed by atoms with Crippen molar-refractivity contribution in [3.8, 4) is 0 Å². The summed E-state index contributed by atoms with van der Waals surface area (Å²) in [5.74, 6) is 0.892. The van der Waals surface area contributed by atoms with E-state index in [1.165, 1.54) is 18.4 Å². The van der Waals surface area contributed by atoms with E-state index >= 15 is 0 Å². The van der Waals surface area contributed by atoms with Crippen molar-refractivity contribution in [2.24, 2.45) is 5.92 Å². The Morgan fingerprint density at radius 1 is 1.29 bits per heavy atom. The SMILES string of the molecule is CC[C@](C)(NC(=O)CCC1CCNCC1)c1ccccc1. The zero-order valence-electron chi connectivity index (χ0n) is 13.3. The van der Waals surface area contributed by atoms with Crippen molar-refractivity contribution >= 4 is 5.91 Å². The average Bonchev–Trinajstić information content (AvgIpc) is 2.54. The fraction of sp³-hybridized carbons (Fsp3) is 0.611. The van der Waals surface area contributed by atoms with Gasteiger partial charge in [-0.05, 0) is 57.2 Å². The van der Waals surface area contributed by atoms with Gasteiger partial charge in [0, 0.05) is 6.42 Å². The molecular weight excluding hydrogens is 260 g/mol. The van der Waals surface area contributed by atoms with Gasteiger partial charge in [-0.3, -0.25) is 4.79 Å². The molecular formula is C18H28N2O. The van der Waals surface area contributed by atoms with E-state index in [0.29, 0.717) is 12.3 Å². The number of nitrogens with one attached hydrogen (secondary N) is 2. The Morgan fingerprint density at radius 2 is 1.95 bits per heavy atom. The summed E-state index contributed by atoms with van der Waals surface area (Å²) in [6.07, 6.45) is 4.97. The zero-order chi connectivity index (χ0) is 15.1. The highest BCUT2D eigenvalue weighted by molar-refractivity contribution is 5.77. The van der Waals surface area contributed by atoms with Crippen LogP contribution in [0.2, 0.25) is 0 Å². The van der Waals surface area contributed by atoms with Gasteiger partial charge < -0.3 is 10.6 Å². The normalized spacial score (nSPS) is 19.0. The lowest BCUT2D eigenvalue weighted by Gasteiger charge is -2.31. The number of hydrogen-bond donors (Lipinski definition) is 2. The van der Waals surface area contributed by atoms with Gasteiger partial charge in [-0.2, -0.15) is 0 Å². The molecule has 116 valence electrons. The number of benzene rings is 1. The molecule has 1 heterocycles. The van der Waals surface area contributed by atoms with Crippen LogP contribution in [0.25, 0.3) is 0 Å². The van der Waals surface area contributed by atoms with E-state index in [4.69, 9.17) is 0 Å². The molecule has 0 aliphatic carbocycles. The van der Waals surface area contributed by atoms with Crippen LogP contribution >= 0.6 is 0 Å². The Balaban J connectivity index is 1.87. The van der Waals surface area contributed by atoms with Crippen molar-refractivity contribution in [1.29, 1.82) is 0 Å². The van der Waals surface area contributed by atoms with Gasteiger partial charge >= 0.3 is 0 Å². The summed E-state index contributed by atoms with van der Waals surface area (Å²) in [6.45, 7) is 6.44. The molecule has 2 rings (SSSR count). The van der Waals surface area contributed by atoms with E-state index in [1.807, 2.05) is 18.2 Å². The van der Waals surface area contributed by atoms with Gasteiger partial charge in [-0.15, -0.1) is 0 Å². The zero-order valence-corrected chi connectivity index (χ0v) is 13.3. The third-order valence-corrected chi connectivity index (χ3v) is 4.77. The third kappa shape index (κ3) is 4.57. The Labute approximate surface area is 128 Å². The summed E-state index contributed by atoms with van der Waals surface area (Å²) in [4.78, 5) is 12.3. The van der Waals surface area contributed by atoms with Crippen LogP contribution in [-0.4, -0.2) is 19.0 Å². The van der Waals surface area contributed by atoms with Crippen LogP contribution in [0.1, 0.15) is 51.5 Å². The quantitative estimate of drug-likeness (QED) is 0.844. The van der Waals surface area contributed by atoms with E-state index < -0.39 is 0 Å². The van der Waals surface area contributed by atoms with E-state index in [1.54, 1.807) is 0 Å². The second kappa shape index (κ2) is 7.60. The molecule has 3 nitrogen and oxygen atoms in total. The number of hydrogen-bond acceptors (Lipinski definition) is 2. The van der Waals surface area contributed by atoms with E-state index in [9.17, 15) is 4.79 Å². The lowest BCUT2D eigenvalue weighted by atomic mass is 9.88. The molecule has 1 fully saturated rings. The van der Waals surface area contributed by atoms with Crippen molar-refractivity contribution in [1.82, 2.24) is 10.6 Å². The van der Waals surface area contributed by atoms with Crippen molar-refractivity contribution < 1.29 is 4.79 Å². The summed E-state index contributed by atoms with van der Waals surface area (Å²) < 4.78 is 0. The third-order valence-electron chi connectivity index (χ3n) is 4.77. The molecule has 3 heteroatoms. The fourth-order valence-corrected chi connectivity index (χ4v) is 3.05. The minimum atomic E-state index is -0.257. The summed E-state index contributed by atoms with van der Waals surface area (Å²) in [5.41, 5.74) is 0.926. The van der Waals surface area contributed by atoms with Gasteiger partial charge in [0.1, 0.15) is 0 Å². The van der Waals surface area contributed by atoms with Gasteiger partial charge in [0.25, 0.3) is 0 Å². The fourth-order valence-electron chi connectivity index (χ4n) is 3.05. The summed E-state index contributed by atoms with van der Waals surface area (Å²) >= 11 is 0. The van der Waals surface area contributed by atoms with E-state index in [-0.39, 0.29) is 11.4 Å². The van der Waals surface area contributed by atoms with Crippen LogP contribution in [0.4, 0.5) is 0 Å². The largest absolute Gasteiger partial charge is 0.347 e. The first-order valence-electron chi connectivity index (χ1n) is 8.21. The summed E-state index contributed by atoms with van der Waals surface area (Å²) in [6, 6.07) is 10.3. The van der Waals surface area contributed by atoms with Crippen LogP contribution in [0.3, 0.4) is 0 Å². The molecule has 2 N–H and O–H groups in total. The first-order valence-corrected chi connectivity index (χ1v) is 8.21. The highest BCUT2D eigenvalue weighted by atomic mass is 16.1. The molecule has 1 amide bonds. The predicted molar refractivity (Wildman–Crippen MR) is 87.1 cm³/mol. The number of rotatable bonds is 6. The summed E-state index contributed by atoms with van der Waals surface area (Å²) in [5, 5.41) is 6.62. The average molecular weight is 288 g/mol. The minimum absolute atomic E-state index is 0.182. The summed E-state index contributed by atoms with van der Waals surface area (Å²) in [7, 11) is 0. The predicted octanol–water partition coefficient (Wildman–Crippen LogP) is 3.21. The highest BCUT2D eigenvalue weighted by Crippen LogP contribution is 2.25. The molecule has 1 saturated heterocycles. The lowest BCUT2D eigenvalue weighted by Crippen LogP contribution is -2.43. The van der Waals surface area contributed by atoms with Crippen LogP contribution in [0.5, 0.6) is 0 Å². The highest BCUT2D eigenvalue weighted by Gasteiger charge is 2.26. The standard InChI is InChI=1S/C18H28N2O/c1-3-18(2,16-7-5-4-6-8-16)20-17(21)10-9-15-11-13-19-14-12-15/h4-8,15,19H,3,9-14H2,1-2H3,(H,20,21)/t18-/m0/s1. The molecule has 0 saturated carbocycles. The van der Waals surface area contributed by atoms with Crippen molar-refractivity contribution in [2.75, 3.05) is 13.1 Å². The monoisotopic (exact) mass is 288 g/mol. The second-order valence-corrected chi connectivity index (χ2v) is 6.33. The minimum Gasteiger partial charge on any atom is -0.347 e. The number of piperidine rings is 1. The van der Waals surface area contributed by atoms with Gasteiger partial charge in [0.2, 0.25) is 5.91 Å². The van der Waals surface area contributed by atoms with Gasteiger partial charge in [-0.25, -0.2) is 0 Å². The maximum atomic E-state index is 12.3. The van der Waals surface area contributed by atoms with E-state index in [0.717, 1.165) is 25.9 Å². The van der Waals surface area contributed by atoms with Gasteiger partial charge in [0.15, 0.2) is 0 Å². The molecule has 1 atom stereocenters. The number of amides is 1. The van der Waals surface area contributed by atoms with Crippen LogP contribution in [-0.2, 0) is 10.3 Å². The van der Waals surface area contributed by atoms with E-state index in [2.05, 4.69) is 36.6 Å². The van der Waals surface area contributed by atoms with Crippen LogP contribution in [0.15, 0.2) is 30.3 Å². The molecule has 0 radical (unpaired) electrons. The van der Waals surface area contributed by atoms with Gasteiger partial charge in [0.05, 0.1) is 5.54 Å². The Morgan fingerprint density at radius 3 is 2.57 bits per heavy atom. The molecule has 0 bridgehead atoms. The molecule has 0 unspecified atom stereocenters. The molecule has 1 aromatic rings. The van der Waals surface area contributed by atoms with Crippen molar-refractivity contribution in [3.05, 3.63) is 35.9 Å². The first-order chi connectivity index (χ1) is 10.1. The van der Waals surface area contributed by atoms with Gasteiger partial charge in [-0.1, -0.05) is 37.3 Å². The smallest absolute Gasteiger partial charge is 0.220 e. The lowest BCUT2D eigenvalue weighted by molar-refractivity contribution is -0.123. The van der Waals surface area contributed by atoms with Crippen LogP contribution in [0, 0.1) is 5.92 Å². The maximum Gasteiger partial charge on any atom is 0.220 e. The molecule has 1 aliphatic heterocycles. The Hall–Kier alpha value is -1.35. The first kappa shape index (κ1) is 16.0. The molecule has 1 aliphatic rings. The van der Waals surface area contributed by atoms with Crippen molar-refractivity contribution in [2.45, 2.75) is 51.5 Å². The second-order valence-electron chi connectivity index (χ2n) is 6.33. The molecule has 0 aromatic heterocycles. The Bertz CT molecular complexity index is 440. The van der Waals surface area contributed by atoms with Crippen molar-refractivity contribution in [3.63, 3.8) is 0 Å². The maximum absolute atomic E-state index is 12.3. The van der Waals surface area contributed by atoms with Crippen LogP contribution < -0.4 is 10.6 Å². The molecule has 0 spiro atoms. The Kier molecular flexibility index (Phi) is 5.80. The molecule has 1 aromatic carbocycles. The number of carbonyl (C=O) groups is 1. The molecule has 21 heavy (non-hydrogen) atoms. The topological polar surface area (TPSA) is 41.1 Å². The number of carbonyl (C=O) groups excluding carboxylic acids is 1.